The van der Waals surface area contributed by atoms with Crippen LogP contribution >= 0.6 is 11.3 Å². The lowest BCUT2D eigenvalue weighted by molar-refractivity contribution is -0.117. The minimum Gasteiger partial charge on any atom is -0.492 e. The molecule has 3 rings (SSSR count). The summed E-state index contributed by atoms with van der Waals surface area (Å²) >= 11 is 1.08. The van der Waals surface area contributed by atoms with Crippen LogP contribution in [0.15, 0.2) is 24.3 Å². The first-order valence-corrected chi connectivity index (χ1v) is 12.2. The number of carbonyl (C=O) groups is 3. The maximum atomic E-state index is 12.8. The number of carbonyl (C=O) groups excluding carboxylic acids is 3. The minimum atomic E-state index is -0.553. The van der Waals surface area contributed by atoms with Crippen LogP contribution in [0.4, 0.5) is 10.7 Å². The molecule has 1 fully saturated rings. The van der Waals surface area contributed by atoms with Gasteiger partial charge in [-0.15, -0.1) is 11.3 Å². The van der Waals surface area contributed by atoms with Crippen LogP contribution in [-0.4, -0.2) is 75.7 Å². The Hall–Kier alpha value is -3.11. The zero-order valence-electron chi connectivity index (χ0n) is 20.1. The lowest BCUT2D eigenvalue weighted by Crippen LogP contribution is -2.48. The van der Waals surface area contributed by atoms with Gasteiger partial charge < -0.3 is 25.0 Å². The number of piperazine rings is 1. The number of amides is 2. The third-order valence-electron chi connectivity index (χ3n) is 5.56. The van der Waals surface area contributed by atoms with Crippen molar-refractivity contribution in [1.82, 2.24) is 10.2 Å². The molecule has 9 nitrogen and oxygen atoms in total. The second kappa shape index (κ2) is 11.8. The number of rotatable bonds is 9. The Kier molecular flexibility index (Phi) is 8.89. The van der Waals surface area contributed by atoms with E-state index in [1.54, 1.807) is 13.8 Å². The highest BCUT2D eigenvalue weighted by atomic mass is 32.1. The molecule has 0 unspecified atom stereocenters. The number of hydrogen-bond acceptors (Lipinski definition) is 8. The van der Waals surface area contributed by atoms with Gasteiger partial charge in [-0.05, 0) is 38.5 Å². The molecule has 0 spiro atoms. The fourth-order valence-corrected chi connectivity index (χ4v) is 5.05. The summed E-state index contributed by atoms with van der Waals surface area (Å²) in [5.74, 6) is -0.235. The molecule has 2 heterocycles. The average molecular weight is 489 g/mol. The minimum absolute atomic E-state index is 0.190. The van der Waals surface area contributed by atoms with E-state index in [0.29, 0.717) is 35.1 Å². The van der Waals surface area contributed by atoms with Crippen LogP contribution in [0.25, 0.3) is 0 Å². The van der Waals surface area contributed by atoms with Crippen molar-refractivity contribution in [2.75, 3.05) is 63.2 Å². The van der Waals surface area contributed by atoms with Gasteiger partial charge >= 0.3 is 5.97 Å². The topological polar surface area (TPSA) is 100 Å². The summed E-state index contributed by atoms with van der Waals surface area (Å²) in [6.07, 6.45) is 0. The molecular formula is C24H32N4O5S. The highest BCUT2D eigenvalue weighted by molar-refractivity contribution is 7.18. The fourth-order valence-electron chi connectivity index (χ4n) is 3.89. The van der Waals surface area contributed by atoms with E-state index in [4.69, 9.17) is 9.47 Å². The van der Waals surface area contributed by atoms with E-state index in [9.17, 15) is 14.4 Å². The predicted octanol–water partition coefficient (Wildman–Crippen LogP) is 2.75. The van der Waals surface area contributed by atoms with Crippen LogP contribution < -0.4 is 20.3 Å². The smallest absolute Gasteiger partial charge is 0.341 e. The molecule has 0 saturated carbocycles. The largest absolute Gasteiger partial charge is 0.492 e. The van der Waals surface area contributed by atoms with Crippen molar-refractivity contribution in [2.24, 2.45) is 0 Å². The number of nitrogens with zero attached hydrogens (tertiary/aromatic N) is 2. The first kappa shape index (κ1) is 25.5. The Morgan fingerprint density at radius 1 is 1.06 bits per heavy atom. The molecule has 1 aliphatic rings. The number of esters is 1. The molecule has 0 radical (unpaired) electrons. The lowest BCUT2D eigenvalue weighted by atomic mass is 10.1. The van der Waals surface area contributed by atoms with E-state index in [1.165, 1.54) is 7.05 Å². The molecule has 1 aliphatic heterocycles. The van der Waals surface area contributed by atoms with E-state index < -0.39 is 5.97 Å². The third-order valence-corrected chi connectivity index (χ3v) is 6.76. The maximum absolute atomic E-state index is 12.8. The quantitative estimate of drug-likeness (QED) is 0.524. The summed E-state index contributed by atoms with van der Waals surface area (Å²) in [6, 6.07) is 7.97. The Bertz CT molecular complexity index is 1030. The molecule has 0 atom stereocenters. The molecule has 0 aliphatic carbocycles. The van der Waals surface area contributed by atoms with Crippen LogP contribution in [0.3, 0.4) is 0 Å². The van der Waals surface area contributed by atoms with Crippen LogP contribution in [0, 0.1) is 6.92 Å². The van der Waals surface area contributed by atoms with E-state index in [-0.39, 0.29) is 30.5 Å². The van der Waals surface area contributed by atoms with Gasteiger partial charge in [0.25, 0.3) is 5.91 Å². The molecule has 10 heteroatoms. The van der Waals surface area contributed by atoms with E-state index >= 15 is 0 Å². The fraction of sp³-hybridized carbons (Fsp3) is 0.458. The summed E-state index contributed by atoms with van der Waals surface area (Å²) in [4.78, 5) is 42.2. The van der Waals surface area contributed by atoms with Crippen molar-refractivity contribution in [2.45, 2.75) is 20.8 Å². The first-order chi connectivity index (χ1) is 16.4. The Morgan fingerprint density at radius 2 is 1.76 bits per heavy atom. The molecule has 184 valence electrons. The summed E-state index contributed by atoms with van der Waals surface area (Å²) in [5.41, 5.74) is 1.79. The van der Waals surface area contributed by atoms with Crippen molar-refractivity contribution in [3.05, 3.63) is 40.3 Å². The number of para-hydroxylation sites is 2. The Morgan fingerprint density at radius 3 is 2.41 bits per heavy atom. The molecule has 1 aromatic heterocycles. The SMILES string of the molecule is CCOC(=O)c1c(NC(=O)CN2CCN(c3ccccc3OCC)CC2)sc(C(=O)NC)c1C. The molecule has 1 saturated heterocycles. The highest BCUT2D eigenvalue weighted by Crippen LogP contribution is 2.34. The molecule has 2 amide bonds. The second-order valence-corrected chi connectivity index (χ2v) is 8.79. The van der Waals surface area contributed by atoms with Crippen LogP contribution in [-0.2, 0) is 9.53 Å². The van der Waals surface area contributed by atoms with Gasteiger partial charge in [-0.3, -0.25) is 14.5 Å². The molecular weight excluding hydrogens is 456 g/mol. The molecule has 2 aromatic rings. The third kappa shape index (κ3) is 5.87. The van der Waals surface area contributed by atoms with E-state index in [1.807, 2.05) is 31.2 Å². The number of benzene rings is 1. The summed E-state index contributed by atoms with van der Waals surface area (Å²) in [5, 5.41) is 5.73. The van der Waals surface area contributed by atoms with Crippen molar-refractivity contribution in [3.63, 3.8) is 0 Å². The van der Waals surface area contributed by atoms with Gasteiger partial charge in [-0.2, -0.15) is 0 Å². The standard InChI is InChI=1S/C24H32N4O5S/c1-5-32-18-10-8-7-9-17(18)28-13-11-27(12-14-28)15-19(29)26-23-20(24(31)33-6-2)16(3)21(34-23)22(30)25-4/h7-10H,5-6,11-15H2,1-4H3,(H,25,30)(H,26,29). The second-order valence-electron chi connectivity index (χ2n) is 7.77. The molecule has 0 bridgehead atoms. The maximum Gasteiger partial charge on any atom is 0.341 e. The summed E-state index contributed by atoms with van der Waals surface area (Å²) in [7, 11) is 1.52. The van der Waals surface area contributed by atoms with Gasteiger partial charge in [-0.1, -0.05) is 12.1 Å². The van der Waals surface area contributed by atoms with Gasteiger partial charge in [0.1, 0.15) is 10.8 Å². The van der Waals surface area contributed by atoms with Gasteiger partial charge in [0.2, 0.25) is 5.91 Å². The number of ether oxygens (including phenoxy) is 2. The number of anilines is 2. The number of hydrogen-bond donors (Lipinski definition) is 2. The molecule has 34 heavy (non-hydrogen) atoms. The molecule has 2 N–H and O–H groups in total. The highest BCUT2D eigenvalue weighted by Gasteiger charge is 2.27. The average Bonchev–Trinajstić information content (AvgIpc) is 3.15. The van der Waals surface area contributed by atoms with E-state index in [2.05, 4.69) is 20.4 Å². The van der Waals surface area contributed by atoms with Crippen LogP contribution in [0.2, 0.25) is 0 Å². The normalized spacial score (nSPS) is 13.9. The first-order valence-electron chi connectivity index (χ1n) is 11.4. The zero-order chi connectivity index (χ0) is 24.7. The van der Waals surface area contributed by atoms with Crippen LogP contribution in [0.1, 0.15) is 39.4 Å². The zero-order valence-corrected chi connectivity index (χ0v) is 20.9. The summed E-state index contributed by atoms with van der Waals surface area (Å²) < 4.78 is 10.9. The van der Waals surface area contributed by atoms with Crippen molar-refractivity contribution >= 4 is 39.8 Å². The van der Waals surface area contributed by atoms with Crippen molar-refractivity contribution < 1.29 is 23.9 Å². The van der Waals surface area contributed by atoms with Crippen LogP contribution in [0.5, 0.6) is 5.75 Å². The predicted molar refractivity (Wildman–Crippen MR) is 133 cm³/mol. The van der Waals surface area contributed by atoms with Gasteiger partial charge in [-0.25, -0.2) is 4.79 Å². The molecule has 1 aromatic carbocycles. The van der Waals surface area contributed by atoms with Gasteiger partial charge in [0, 0.05) is 33.2 Å². The number of thiophene rings is 1. The van der Waals surface area contributed by atoms with Crippen molar-refractivity contribution in [3.8, 4) is 5.75 Å². The monoisotopic (exact) mass is 488 g/mol. The lowest BCUT2D eigenvalue weighted by Gasteiger charge is -2.36. The van der Waals surface area contributed by atoms with E-state index in [0.717, 1.165) is 35.9 Å². The number of nitrogens with one attached hydrogen (secondary N) is 2. The Balaban J connectivity index is 1.64. The van der Waals surface area contributed by atoms with Crippen molar-refractivity contribution in [1.29, 1.82) is 0 Å². The van der Waals surface area contributed by atoms with Gasteiger partial charge in [0.15, 0.2) is 0 Å². The van der Waals surface area contributed by atoms with Gasteiger partial charge in [0.05, 0.1) is 35.9 Å². The Labute approximate surface area is 204 Å². The summed E-state index contributed by atoms with van der Waals surface area (Å²) in [6.45, 7) is 9.32.